The number of benzene rings is 1. The number of nitrogens with zero attached hydrogens (tertiary/aromatic N) is 1. The summed E-state index contributed by atoms with van der Waals surface area (Å²) in [5, 5.41) is 12.9. The van der Waals surface area contributed by atoms with Crippen LogP contribution in [0.4, 0.5) is 0 Å². The number of esters is 1. The van der Waals surface area contributed by atoms with Gasteiger partial charge in [-0.3, -0.25) is 4.79 Å². The maximum absolute atomic E-state index is 13.0. The molecule has 2 heterocycles. The number of aryl methyl sites for hydroxylation is 1. The first-order chi connectivity index (χ1) is 17.3. The Morgan fingerprint density at radius 2 is 1.97 bits per heavy atom. The van der Waals surface area contributed by atoms with Crippen molar-refractivity contribution in [2.45, 2.75) is 58.6 Å². The van der Waals surface area contributed by atoms with Crippen molar-refractivity contribution in [2.75, 3.05) is 20.3 Å². The zero-order chi connectivity index (χ0) is 26.1. The molecule has 0 saturated carbocycles. The number of cyclic esters (lactones) is 1. The van der Waals surface area contributed by atoms with E-state index in [2.05, 4.69) is 48.4 Å². The number of amides is 1. The number of hydrogen-bond donors (Lipinski definition) is 2. The van der Waals surface area contributed by atoms with Crippen LogP contribution in [0.1, 0.15) is 56.1 Å². The first-order valence-corrected chi connectivity index (χ1v) is 12.6. The highest BCUT2D eigenvalue weighted by atomic mass is 16.6. The topological polar surface area (TPSA) is 107 Å². The number of rotatable bonds is 9. The SMILES string of the molecule is COc1ccnc(C(=O)N[C@H]2COC[C@H](CCCc3ccccc3)[C@@H](CC(C)C)[C@H](C)OC2=O)c1O. The predicted molar refractivity (Wildman–Crippen MR) is 136 cm³/mol. The average Bonchev–Trinajstić information content (AvgIpc) is 2.90. The van der Waals surface area contributed by atoms with E-state index in [0.29, 0.717) is 12.5 Å². The minimum atomic E-state index is -1.02. The molecule has 1 aromatic heterocycles. The van der Waals surface area contributed by atoms with E-state index in [-0.39, 0.29) is 36.0 Å². The van der Waals surface area contributed by atoms with Crippen LogP contribution in [0, 0.1) is 17.8 Å². The molecule has 8 heteroatoms. The fourth-order valence-electron chi connectivity index (χ4n) is 4.80. The summed E-state index contributed by atoms with van der Waals surface area (Å²) >= 11 is 0. The van der Waals surface area contributed by atoms with Crippen LogP contribution in [0.2, 0.25) is 0 Å². The molecule has 8 nitrogen and oxygen atoms in total. The number of methoxy groups -OCH3 is 1. The highest BCUT2D eigenvalue weighted by Gasteiger charge is 2.35. The Labute approximate surface area is 213 Å². The standard InChI is InChI=1S/C28H38N2O6/c1-18(2)15-22-19(3)36-28(33)23(30-27(32)25-26(31)24(34-4)13-14-29-25)17-35-16-21(22)12-8-11-20-9-6-5-7-10-20/h5-7,9-10,13-14,18-19,21-23,31H,8,11-12,15-17H2,1-4H3,(H,30,32)/t19-,21-,22-,23-/m0/s1. The second-order valence-corrected chi connectivity index (χ2v) is 9.85. The molecule has 1 aromatic carbocycles. The smallest absolute Gasteiger partial charge is 0.331 e. The molecular weight excluding hydrogens is 460 g/mol. The Hall–Kier alpha value is -3.13. The van der Waals surface area contributed by atoms with E-state index in [0.717, 1.165) is 25.7 Å². The van der Waals surface area contributed by atoms with E-state index in [4.69, 9.17) is 14.2 Å². The number of aromatic nitrogens is 1. The number of pyridine rings is 1. The zero-order valence-corrected chi connectivity index (χ0v) is 21.6. The highest BCUT2D eigenvalue weighted by molar-refractivity contribution is 5.98. The molecule has 1 aliphatic heterocycles. The van der Waals surface area contributed by atoms with Crippen molar-refractivity contribution in [2.24, 2.45) is 17.8 Å². The van der Waals surface area contributed by atoms with E-state index in [1.807, 2.05) is 13.0 Å². The van der Waals surface area contributed by atoms with Gasteiger partial charge in [0.15, 0.2) is 23.2 Å². The number of carbonyl (C=O) groups excluding carboxylic acids is 2. The van der Waals surface area contributed by atoms with Crippen molar-refractivity contribution in [1.29, 1.82) is 0 Å². The van der Waals surface area contributed by atoms with Crippen LogP contribution < -0.4 is 10.1 Å². The van der Waals surface area contributed by atoms with E-state index < -0.39 is 23.7 Å². The van der Waals surface area contributed by atoms with Gasteiger partial charge >= 0.3 is 5.97 Å². The van der Waals surface area contributed by atoms with Gasteiger partial charge < -0.3 is 24.6 Å². The summed E-state index contributed by atoms with van der Waals surface area (Å²) in [4.78, 5) is 29.8. The van der Waals surface area contributed by atoms with Crippen molar-refractivity contribution in [3.63, 3.8) is 0 Å². The lowest BCUT2D eigenvalue weighted by Crippen LogP contribution is -2.46. The minimum absolute atomic E-state index is 0.0222. The second-order valence-electron chi connectivity index (χ2n) is 9.85. The van der Waals surface area contributed by atoms with Gasteiger partial charge in [0.05, 0.1) is 13.7 Å². The molecule has 196 valence electrons. The maximum Gasteiger partial charge on any atom is 0.331 e. The van der Waals surface area contributed by atoms with Crippen LogP contribution >= 0.6 is 0 Å². The van der Waals surface area contributed by atoms with Gasteiger partial charge in [0.1, 0.15) is 6.10 Å². The van der Waals surface area contributed by atoms with Crippen LogP contribution in [-0.2, 0) is 20.7 Å². The summed E-state index contributed by atoms with van der Waals surface area (Å²) in [7, 11) is 1.38. The summed E-state index contributed by atoms with van der Waals surface area (Å²) in [6.45, 7) is 6.71. The van der Waals surface area contributed by atoms with Crippen molar-refractivity contribution >= 4 is 11.9 Å². The molecule has 1 amide bonds. The van der Waals surface area contributed by atoms with Crippen LogP contribution in [0.15, 0.2) is 42.6 Å². The van der Waals surface area contributed by atoms with Gasteiger partial charge in [-0.2, -0.15) is 0 Å². The molecule has 2 aromatic rings. The molecule has 0 spiro atoms. The number of ether oxygens (including phenoxy) is 3. The third kappa shape index (κ3) is 7.43. The normalized spacial score (nSPS) is 22.8. The first-order valence-electron chi connectivity index (χ1n) is 12.6. The quantitative estimate of drug-likeness (QED) is 0.500. The lowest BCUT2D eigenvalue weighted by Gasteiger charge is -2.32. The van der Waals surface area contributed by atoms with Crippen LogP contribution in [0.5, 0.6) is 11.5 Å². The van der Waals surface area contributed by atoms with Crippen molar-refractivity contribution in [1.82, 2.24) is 10.3 Å². The summed E-state index contributed by atoms with van der Waals surface area (Å²) in [5.74, 6) is -0.739. The lowest BCUT2D eigenvalue weighted by atomic mass is 9.79. The van der Waals surface area contributed by atoms with E-state index in [1.165, 1.54) is 24.9 Å². The fraction of sp³-hybridized carbons (Fsp3) is 0.536. The van der Waals surface area contributed by atoms with E-state index in [9.17, 15) is 14.7 Å². The van der Waals surface area contributed by atoms with Gasteiger partial charge in [0.2, 0.25) is 0 Å². The summed E-state index contributed by atoms with van der Waals surface area (Å²) in [5.41, 5.74) is 1.07. The maximum atomic E-state index is 13.0. The highest BCUT2D eigenvalue weighted by Crippen LogP contribution is 2.32. The Balaban J connectivity index is 1.70. The van der Waals surface area contributed by atoms with Gasteiger partial charge in [0.25, 0.3) is 5.91 Å². The molecule has 0 radical (unpaired) electrons. The van der Waals surface area contributed by atoms with Crippen molar-refractivity contribution < 1.29 is 28.9 Å². The monoisotopic (exact) mass is 498 g/mol. The average molecular weight is 499 g/mol. The van der Waals surface area contributed by atoms with Gasteiger partial charge in [-0.25, -0.2) is 9.78 Å². The molecule has 2 N–H and O–H groups in total. The van der Waals surface area contributed by atoms with E-state index in [1.54, 1.807) is 0 Å². The number of hydrogen-bond acceptors (Lipinski definition) is 7. The minimum Gasteiger partial charge on any atom is -0.503 e. The molecular formula is C28H38N2O6. The largest absolute Gasteiger partial charge is 0.503 e. The molecule has 1 aliphatic rings. The van der Waals surface area contributed by atoms with Gasteiger partial charge in [-0.1, -0.05) is 44.2 Å². The Morgan fingerprint density at radius 3 is 2.67 bits per heavy atom. The molecule has 0 unspecified atom stereocenters. The van der Waals surface area contributed by atoms with Crippen LogP contribution in [0.3, 0.4) is 0 Å². The molecule has 3 rings (SSSR count). The van der Waals surface area contributed by atoms with Gasteiger partial charge in [-0.05, 0) is 50.0 Å². The number of nitrogens with one attached hydrogen (secondary N) is 1. The predicted octanol–water partition coefficient (Wildman–Crippen LogP) is 4.16. The summed E-state index contributed by atoms with van der Waals surface area (Å²) in [6, 6.07) is 10.8. The Morgan fingerprint density at radius 1 is 1.22 bits per heavy atom. The molecule has 36 heavy (non-hydrogen) atoms. The zero-order valence-electron chi connectivity index (χ0n) is 21.6. The first kappa shape index (κ1) is 27.5. The third-order valence-corrected chi connectivity index (χ3v) is 6.67. The second kappa shape index (κ2) is 13.3. The molecule has 1 fully saturated rings. The van der Waals surface area contributed by atoms with E-state index >= 15 is 0 Å². The Bertz CT molecular complexity index is 997. The molecule has 0 aliphatic carbocycles. The third-order valence-electron chi connectivity index (χ3n) is 6.67. The van der Waals surface area contributed by atoms with Crippen LogP contribution in [0.25, 0.3) is 0 Å². The summed E-state index contributed by atoms with van der Waals surface area (Å²) < 4.78 is 16.9. The molecule has 1 saturated heterocycles. The van der Waals surface area contributed by atoms with Crippen molar-refractivity contribution in [3.05, 3.63) is 53.9 Å². The number of carbonyl (C=O) groups is 2. The van der Waals surface area contributed by atoms with Gasteiger partial charge in [0, 0.05) is 24.8 Å². The molecule has 0 bridgehead atoms. The Kier molecular flexibility index (Phi) is 10.1. The molecule has 4 atom stereocenters. The lowest BCUT2D eigenvalue weighted by molar-refractivity contribution is -0.154. The fourth-order valence-corrected chi connectivity index (χ4v) is 4.80. The van der Waals surface area contributed by atoms with Gasteiger partial charge in [-0.15, -0.1) is 0 Å². The summed E-state index contributed by atoms with van der Waals surface area (Å²) in [6.07, 6.45) is 4.87. The van der Waals surface area contributed by atoms with Crippen LogP contribution in [-0.4, -0.2) is 54.4 Å². The van der Waals surface area contributed by atoms with Crippen molar-refractivity contribution in [3.8, 4) is 11.5 Å². The number of aromatic hydroxyl groups is 1.